The lowest BCUT2D eigenvalue weighted by molar-refractivity contribution is -0.120. The summed E-state index contributed by atoms with van der Waals surface area (Å²) in [7, 11) is 0. The van der Waals surface area contributed by atoms with Crippen molar-refractivity contribution in [2.75, 3.05) is 6.54 Å². The summed E-state index contributed by atoms with van der Waals surface area (Å²) in [6, 6.07) is 12.4. The number of carbonyl (C=O) groups excluding carboxylic acids is 1. The van der Waals surface area contributed by atoms with Crippen LogP contribution in [0.5, 0.6) is 0 Å². The normalized spacial score (nSPS) is 10.6. The molecule has 0 aliphatic heterocycles. The molecule has 0 aliphatic rings. The van der Waals surface area contributed by atoms with Gasteiger partial charge in [0.15, 0.2) is 5.82 Å². The van der Waals surface area contributed by atoms with Crippen molar-refractivity contribution in [2.45, 2.75) is 13.0 Å². The van der Waals surface area contributed by atoms with Crippen LogP contribution in [0.3, 0.4) is 0 Å². The van der Waals surface area contributed by atoms with Crippen molar-refractivity contribution in [1.29, 1.82) is 0 Å². The number of aromatic nitrogens is 4. The number of hydrogen-bond acceptors (Lipinski definition) is 4. The van der Waals surface area contributed by atoms with Crippen molar-refractivity contribution in [3.05, 3.63) is 75.2 Å². The Morgan fingerprint density at radius 3 is 2.68 bits per heavy atom. The van der Waals surface area contributed by atoms with Crippen molar-refractivity contribution in [1.82, 2.24) is 24.9 Å². The topological polar surface area (TPSA) is 81.8 Å². The third-order valence-electron chi connectivity index (χ3n) is 3.52. The van der Waals surface area contributed by atoms with E-state index in [0.29, 0.717) is 25.3 Å². The highest BCUT2D eigenvalue weighted by Gasteiger charge is 2.05. The molecule has 3 rings (SSSR count). The van der Waals surface area contributed by atoms with Gasteiger partial charge in [0.2, 0.25) is 5.91 Å². The van der Waals surface area contributed by atoms with Gasteiger partial charge < -0.3 is 5.32 Å². The maximum atomic E-state index is 12.0. The molecular formula is C17H16BrN5O2. The fourth-order valence-corrected chi connectivity index (χ4v) is 2.54. The molecule has 0 aliphatic carbocycles. The van der Waals surface area contributed by atoms with E-state index in [2.05, 4.69) is 31.4 Å². The summed E-state index contributed by atoms with van der Waals surface area (Å²) in [6.45, 7) is 0.616. The quantitative estimate of drug-likeness (QED) is 0.679. The molecule has 0 saturated heterocycles. The molecule has 1 N–H and O–H groups in total. The van der Waals surface area contributed by atoms with Crippen LogP contribution in [0.1, 0.15) is 5.56 Å². The number of halogens is 1. The summed E-state index contributed by atoms with van der Waals surface area (Å²) in [6.07, 6.45) is 3.68. The summed E-state index contributed by atoms with van der Waals surface area (Å²) >= 11 is 3.36. The van der Waals surface area contributed by atoms with E-state index in [1.165, 1.54) is 10.7 Å². The highest BCUT2D eigenvalue weighted by Crippen LogP contribution is 2.10. The smallest absolute Gasteiger partial charge is 0.266 e. The van der Waals surface area contributed by atoms with Crippen LogP contribution < -0.4 is 10.9 Å². The van der Waals surface area contributed by atoms with Gasteiger partial charge in [-0.1, -0.05) is 28.1 Å². The molecule has 2 heterocycles. The van der Waals surface area contributed by atoms with E-state index in [-0.39, 0.29) is 11.5 Å². The molecule has 0 radical (unpaired) electrons. The van der Waals surface area contributed by atoms with E-state index in [0.717, 1.165) is 10.0 Å². The van der Waals surface area contributed by atoms with Crippen molar-refractivity contribution < 1.29 is 4.79 Å². The van der Waals surface area contributed by atoms with Gasteiger partial charge in [-0.15, -0.1) is 5.10 Å². The lowest BCUT2D eigenvalue weighted by Gasteiger charge is -2.08. The average Bonchev–Trinajstić information content (AvgIpc) is 3.13. The molecule has 8 heteroatoms. The summed E-state index contributed by atoms with van der Waals surface area (Å²) in [5.74, 6) is 0.449. The summed E-state index contributed by atoms with van der Waals surface area (Å²) in [4.78, 5) is 23.9. The van der Waals surface area contributed by atoms with Gasteiger partial charge in [0.1, 0.15) is 0 Å². The molecule has 2 aromatic heterocycles. The first-order valence-corrected chi connectivity index (χ1v) is 8.50. The minimum Gasteiger partial charge on any atom is -0.354 e. The van der Waals surface area contributed by atoms with Crippen molar-refractivity contribution in [3.8, 4) is 5.82 Å². The first-order valence-electron chi connectivity index (χ1n) is 7.71. The van der Waals surface area contributed by atoms with Crippen LogP contribution in [0.15, 0.2) is 64.1 Å². The first-order chi connectivity index (χ1) is 12.1. The Hall–Kier alpha value is -2.74. The minimum absolute atomic E-state index is 0.0985. The van der Waals surface area contributed by atoms with Crippen molar-refractivity contribution in [2.24, 2.45) is 0 Å². The van der Waals surface area contributed by atoms with Crippen LogP contribution in [0.25, 0.3) is 5.82 Å². The van der Waals surface area contributed by atoms with E-state index in [1.807, 2.05) is 24.3 Å². The Morgan fingerprint density at radius 2 is 1.96 bits per heavy atom. The molecule has 128 valence electrons. The molecule has 0 unspecified atom stereocenters. The third-order valence-corrected chi connectivity index (χ3v) is 4.04. The fourth-order valence-electron chi connectivity index (χ4n) is 2.28. The van der Waals surface area contributed by atoms with Crippen LogP contribution >= 0.6 is 15.9 Å². The van der Waals surface area contributed by atoms with Crippen molar-refractivity contribution >= 4 is 21.8 Å². The van der Waals surface area contributed by atoms with Gasteiger partial charge in [0.05, 0.1) is 13.0 Å². The average molecular weight is 402 g/mol. The molecule has 3 aromatic rings. The maximum Gasteiger partial charge on any atom is 0.266 e. The van der Waals surface area contributed by atoms with Gasteiger partial charge in [0.25, 0.3) is 5.56 Å². The summed E-state index contributed by atoms with van der Waals surface area (Å²) < 4.78 is 3.86. The molecule has 1 amide bonds. The fraction of sp³-hybridized carbons (Fsp3) is 0.176. The Kier molecular flexibility index (Phi) is 5.39. The molecular weight excluding hydrogens is 386 g/mol. The van der Waals surface area contributed by atoms with E-state index in [9.17, 15) is 9.59 Å². The number of nitrogens with one attached hydrogen (secondary N) is 1. The number of carbonyl (C=O) groups is 1. The minimum atomic E-state index is -0.224. The molecule has 0 fully saturated rings. The molecule has 25 heavy (non-hydrogen) atoms. The number of benzene rings is 1. The molecule has 0 bridgehead atoms. The largest absolute Gasteiger partial charge is 0.354 e. The van der Waals surface area contributed by atoms with Crippen molar-refractivity contribution in [3.63, 3.8) is 0 Å². The van der Waals surface area contributed by atoms with Gasteiger partial charge in [-0.25, -0.2) is 9.36 Å². The van der Waals surface area contributed by atoms with Gasteiger partial charge in [-0.05, 0) is 29.8 Å². The van der Waals surface area contributed by atoms with Gasteiger partial charge in [0, 0.05) is 29.5 Å². The predicted octanol–water partition coefficient (Wildman–Crippen LogP) is 1.55. The Labute approximate surface area is 152 Å². The number of amides is 1. The van der Waals surface area contributed by atoms with Gasteiger partial charge in [-0.2, -0.15) is 5.10 Å². The second-order valence-corrected chi connectivity index (χ2v) is 6.27. The second kappa shape index (κ2) is 7.89. The predicted molar refractivity (Wildman–Crippen MR) is 96.5 cm³/mol. The van der Waals surface area contributed by atoms with Crippen LogP contribution in [0.2, 0.25) is 0 Å². The Balaban J connectivity index is 1.56. The molecule has 1 aromatic carbocycles. The van der Waals surface area contributed by atoms with Crippen LogP contribution in [-0.4, -0.2) is 32.0 Å². The van der Waals surface area contributed by atoms with E-state index < -0.39 is 0 Å². The number of nitrogens with zero attached hydrogens (tertiary/aromatic N) is 4. The highest BCUT2D eigenvalue weighted by molar-refractivity contribution is 9.10. The zero-order chi connectivity index (χ0) is 17.6. The standard InChI is InChI=1S/C17H16BrN5O2/c18-14-4-2-13(3-5-14)12-16(24)19-9-11-23-17(25)7-6-15(21-23)22-10-1-8-20-22/h1-8,10H,9,11-12H2,(H,19,24). The maximum absolute atomic E-state index is 12.0. The summed E-state index contributed by atoms with van der Waals surface area (Å²) in [5.41, 5.74) is 0.703. The van der Waals surface area contributed by atoms with Crippen LogP contribution in [-0.2, 0) is 17.8 Å². The SMILES string of the molecule is O=C(Cc1ccc(Br)cc1)NCCn1nc(-n2cccn2)ccc1=O. The van der Waals surface area contributed by atoms with E-state index in [1.54, 1.807) is 29.2 Å². The zero-order valence-corrected chi connectivity index (χ0v) is 14.9. The van der Waals surface area contributed by atoms with Gasteiger partial charge >= 0.3 is 0 Å². The first kappa shape index (κ1) is 17.1. The molecule has 0 atom stereocenters. The Morgan fingerprint density at radius 1 is 1.16 bits per heavy atom. The lowest BCUT2D eigenvalue weighted by Crippen LogP contribution is -2.33. The van der Waals surface area contributed by atoms with Crippen LogP contribution in [0, 0.1) is 0 Å². The lowest BCUT2D eigenvalue weighted by atomic mass is 10.1. The molecule has 0 spiro atoms. The third kappa shape index (κ3) is 4.63. The second-order valence-electron chi connectivity index (χ2n) is 5.36. The molecule has 7 nitrogen and oxygen atoms in total. The van der Waals surface area contributed by atoms with Gasteiger partial charge in [-0.3, -0.25) is 9.59 Å². The van der Waals surface area contributed by atoms with E-state index in [4.69, 9.17) is 0 Å². The number of hydrogen-bond donors (Lipinski definition) is 1. The highest BCUT2D eigenvalue weighted by atomic mass is 79.9. The monoisotopic (exact) mass is 401 g/mol. The molecule has 0 saturated carbocycles. The zero-order valence-electron chi connectivity index (χ0n) is 13.3. The summed E-state index contributed by atoms with van der Waals surface area (Å²) in [5, 5.41) is 11.1. The van der Waals surface area contributed by atoms with E-state index >= 15 is 0 Å². The van der Waals surface area contributed by atoms with Crippen LogP contribution in [0.4, 0.5) is 0 Å². The Bertz CT molecular complexity index is 904. The number of rotatable bonds is 6.